The van der Waals surface area contributed by atoms with E-state index in [1.807, 2.05) is 0 Å². The minimum Gasteiger partial charge on any atom is -0.493 e. The average Bonchev–Trinajstić information content (AvgIpc) is 3.39. The number of esters is 1. The van der Waals surface area contributed by atoms with Crippen molar-refractivity contribution in [1.82, 2.24) is 10.6 Å². The van der Waals surface area contributed by atoms with Gasteiger partial charge in [0.25, 0.3) is 5.91 Å². The maximum absolute atomic E-state index is 12.1. The van der Waals surface area contributed by atoms with Crippen LogP contribution in [0.15, 0.2) is 16.6 Å². The summed E-state index contributed by atoms with van der Waals surface area (Å²) in [4.78, 5) is 35.6. The van der Waals surface area contributed by atoms with E-state index >= 15 is 0 Å². The van der Waals surface area contributed by atoms with E-state index in [2.05, 4.69) is 26.6 Å². The lowest BCUT2D eigenvalue weighted by molar-refractivity contribution is -0.153. The number of urea groups is 1. The van der Waals surface area contributed by atoms with Gasteiger partial charge in [-0.25, -0.2) is 4.79 Å². The first-order chi connectivity index (χ1) is 12.3. The molecular formula is C17H21BrN2O6. The van der Waals surface area contributed by atoms with Crippen LogP contribution in [0.2, 0.25) is 0 Å². The number of carbonyl (C=O) groups is 3. The lowest BCUT2D eigenvalue weighted by Gasteiger charge is -2.15. The van der Waals surface area contributed by atoms with Gasteiger partial charge in [0, 0.05) is 10.5 Å². The standard InChI is InChI=1S/C17H21BrN2O6/c1-9(16(22)20-17(23)19-11-4-5-11)26-15(21)7-10-6-13(24-2)14(25-3)8-12(10)18/h6,8-9,11H,4-5,7H2,1-3H3,(H2,19,20,22,23)/t9-/m0/s1. The Bertz CT molecular complexity index is 705. The number of imide groups is 1. The molecule has 0 unspecified atom stereocenters. The molecule has 3 amide bonds. The number of hydrogen-bond donors (Lipinski definition) is 2. The smallest absolute Gasteiger partial charge is 0.321 e. The summed E-state index contributed by atoms with van der Waals surface area (Å²) in [5, 5.41) is 4.77. The highest BCUT2D eigenvalue weighted by Crippen LogP contribution is 2.33. The zero-order valence-electron chi connectivity index (χ0n) is 14.8. The fourth-order valence-electron chi connectivity index (χ4n) is 2.14. The van der Waals surface area contributed by atoms with Crippen molar-refractivity contribution < 1.29 is 28.6 Å². The molecule has 0 heterocycles. The van der Waals surface area contributed by atoms with Crippen LogP contribution in [-0.4, -0.2) is 44.3 Å². The molecule has 0 aromatic heterocycles. The molecule has 142 valence electrons. The number of ether oxygens (including phenoxy) is 3. The number of methoxy groups -OCH3 is 2. The van der Waals surface area contributed by atoms with E-state index in [9.17, 15) is 14.4 Å². The number of carbonyl (C=O) groups excluding carboxylic acids is 3. The first-order valence-corrected chi connectivity index (χ1v) is 8.84. The van der Waals surface area contributed by atoms with Gasteiger partial charge in [-0.2, -0.15) is 0 Å². The van der Waals surface area contributed by atoms with E-state index in [0.717, 1.165) is 12.8 Å². The summed E-state index contributed by atoms with van der Waals surface area (Å²) in [6.45, 7) is 1.40. The van der Waals surface area contributed by atoms with E-state index in [1.54, 1.807) is 12.1 Å². The van der Waals surface area contributed by atoms with Gasteiger partial charge in [-0.1, -0.05) is 15.9 Å². The van der Waals surface area contributed by atoms with Crippen LogP contribution in [0.5, 0.6) is 11.5 Å². The van der Waals surface area contributed by atoms with Crippen LogP contribution >= 0.6 is 15.9 Å². The molecule has 0 radical (unpaired) electrons. The first kappa shape index (κ1) is 20.0. The predicted octanol–water partition coefficient (Wildman–Crippen LogP) is 1.93. The van der Waals surface area contributed by atoms with Crippen LogP contribution in [0.1, 0.15) is 25.3 Å². The normalized spacial score (nSPS) is 14.2. The van der Waals surface area contributed by atoms with Crippen molar-refractivity contribution in [3.63, 3.8) is 0 Å². The van der Waals surface area contributed by atoms with Crippen molar-refractivity contribution in [2.75, 3.05) is 14.2 Å². The average molecular weight is 429 g/mol. The molecule has 9 heteroatoms. The fourth-order valence-corrected chi connectivity index (χ4v) is 2.60. The minimum atomic E-state index is -1.09. The molecule has 2 rings (SSSR count). The Kier molecular flexibility index (Phi) is 6.84. The maximum atomic E-state index is 12.1. The molecule has 8 nitrogen and oxygen atoms in total. The SMILES string of the molecule is COc1cc(Br)c(CC(=O)O[C@@H](C)C(=O)NC(=O)NC2CC2)cc1OC. The van der Waals surface area contributed by atoms with Gasteiger partial charge in [0.2, 0.25) is 0 Å². The Morgan fingerprint density at radius 2 is 1.81 bits per heavy atom. The van der Waals surface area contributed by atoms with E-state index in [-0.39, 0.29) is 12.5 Å². The summed E-state index contributed by atoms with van der Waals surface area (Å²) in [6, 6.07) is 2.88. The molecule has 1 saturated carbocycles. The monoisotopic (exact) mass is 428 g/mol. The third-order valence-electron chi connectivity index (χ3n) is 3.71. The number of rotatable bonds is 7. The van der Waals surface area contributed by atoms with Gasteiger partial charge >= 0.3 is 12.0 Å². The molecule has 0 saturated heterocycles. The molecule has 0 aliphatic heterocycles. The fraction of sp³-hybridized carbons (Fsp3) is 0.471. The third-order valence-corrected chi connectivity index (χ3v) is 4.45. The zero-order chi connectivity index (χ0) is 19.3. The van der Waals surface area contributed by atoms with E-state index < -0.39 is 24.0 Å². The van der Waals surface area contributed by atoms with Crippen LogP contribution in [0, 0.1) is 0 Å². The Morgan fingerprint density at radius 3 is 2.38 bits per heavy atom. The van der Waals surface area contributed by atoms with Crippen molar-refractivity contribution in [2.24, 2.45) is 0 Å². The number of benzene rings is 1. The predicted molar refractivity (Wildman–Crippen MR) is 96.2 cm³/mol. The van der Waals surface area contributed by atoms with Gasteiger partial charge in [-0.05, 0) is 37.5 Å². The summed E-state index contributed by atoms with van der Waals surface area (Å²) in [7, 11) is 3.00. The number of amides is 3. The number of halogens is 1. The Hall–Kier alpha value is -2.29. The molecule has 1 atom stereocenters. The van der Waals surface area contributed by atoms with Crippen molar-refractivity contribution in [3.8, 4) is 11.5 Å². The first-order valence-electron chi connectivity index (χ1n) is 8.05. The van der Waals surface area contributed by atoms with Crippen molar-refractivity contribution >= 4 is 33.8 Å². The molecule has 26 heavy (non-hydrogen) atoms. The van der Waals surface area contributed by atoms with Crippen LogP contribution < -0.4 is 20.1 Å². The summed E-state index contributed by atoms with van der Waals surface area (Å²) < 4.78 is 16.1. The second-order valence-electron chi connectivity index (χ2n) is 5.84. The Labute approximate surface area is 159 Å². The quantitative estimate of drug-likeness (QED) is 0.643. The Balaban J connectivity index is 1.90. The molecular weight excluding hydrogens is 408 g/mol. The minimum absolute atomic E-state index is 0.0766. The highest BCUT2D eigenvalue weighted by Gasteiger charge is 2.26. The highest BCUT2D eigenvalue weighted by atomic mass is 79.9. The van der Waals surface area contributed by atoms with Crippen LogP contribution in [0.3, 0.4) is 0 Å². The molecule has 2 N–H and O–H groups in total. The summed E-state index contributed by atoms with van der Waals surface area (Å²) >= 11 is 3.36. The van der Waals surface area contributed by atoms with Crippen LogP contribution in [0.25, 0.3) is 0 Å². The van der Waals surface area contributed by atoms with Crippen LogP contribution in [0.4, 0.5) is 4.79 Å². The van der Waals surface area contributed by atoms with Crippen molar-refractivity contribution in [3.05, 3.63) is 22.2 Å². The lowest BCUT2D eigenvalue weighted by atomic mass is 10.1. The molecule has 1 aliphatic rings. The van der Waals surface area contributed by atoms with E-state index in [0.29, 0.717) is 21.5 Å². The van der Waals surface area contributed by atoms with Gasteiger partial charge in [0.1, 0.15) is 0 Å². The second-order valence-corrected chi connectivity index (χ2v) is 6.70. The highest BCUT2D eigenvalue weighted by molar-refractivity contribution is 9.10. The summed E-state index contributed by atoms with van der Waals surface area (Å²) in [5.74, 6) is -0.294. The van der Waals surface area contributed by atoms with Crippen molar-refractivity contribution in [1.29, 1.82) is 0 Å². The molecule has 0 bridgehead atoms. The number of nitrogens with one attached hydrogen (secondary N) is 2. The van der Waals surface area contributed by atoms with Gasteiger partial charge in [-0.15, -0.1) is 0 Å². The van der Waals surface area contributed by atoms with Gasteiger partial charge in [-0.3, -0.25) is 14.9 Å². The van der Waals surface area contributed by atoms with E-state index in [4.69, 9.17) is 14.2 Å². The molecule has 1 aromatic rings. The van der Waals surface area contributed by atoms with Gasteiger partial charge in [0.05, 0.1) is 20.6 Å². The third kappa shape index (κ3) is 5.62. The molecule has 1 aromatic carbocycles. The molecule has 1 aliphatic carbocycles. The van der Waals surface area contributed by atoms with Gasteiger partial charge < -0.3 is 19.5 Å². The second kappa shape index (κ2) is 8.88. The van der Waals surface area contributed by atoms with Crippen LogP contribution in [-0.2, 0) is 20.7 Å². The molecule has 0 spiro atoms. The zero-order valence-corrected chi connectivity index (χ0v) is 16.3. The lowest BCUT2D eigenvalue weighted by Crippen LogP contribution is -2.45. The topological polar surface area (TPSA) is 103 Å². The van der Waals surface area contributed by atoms with E-state index in [1.165, 1.54) is 21.1 Å². The van der Waals surface area contributed by atoms with Crippen molar-refractivity contribution in [2.45, 2.75) is 38.3 Å². The number of hydrogen-bond acceptors (Lipinski definition) is 6. The Morgan fingerprint density at radius 1 is 1.19 bits per heavy atom. The summed E-state index contributed by atoms with van der Waals surface area (Å²) in [6.07, 6.45) is 0.650. The molecule has 1 fully saturated rings. The maximum Gasteiger partial charge on any atom is 0.321 e. The summed E-state index contributed by atoms with van der Waals surface area (Å²) in [5.41, 5.74) is 0.617. The largest absolute Gasteiger partial charge is 0.493 e. The van der Waals surface area contributed by atoms with Gasteiger partial charge in [0.15, 0.2) is 17.6 Å².